The lowest BCUT2D eigenvalue weighted by Crippen LogP contribution is -2.41. The van der Waals surface area contributed by atoms with Gasteiger partial charge in [-0.25, -0.2) is 0 Å². The summed E-state index contributed by atoms with van der Waals surface area (Å²) in [5.41, 5.74) is -0.710. The van der Waals surface area contributed by atoms with E-state index < -0.39 is 0 Å². The molecule has 0 spiro atoms. The molecular weight excluding hydrogens is 311 g/mol. The maximum atomic E-state index is 11.3. The Bertz CT molecular complexity index is 481. The molecule has 1 aliphatic carbocycles. The zero-order valence-electron chi connectivity index (χ0n) is 15.3. The molecule has 7 nitrogen and oxygen atoms in total. The van der Waals surface area contributed by atoms with Gasteiger partial charge >= 0.3 is 7.12 Å². The topological polar surface area (TPSA) is 90.7 Å². The van der Waals surface area contributed by atoms with Crippen LogP contribution in [0, 0.1) is 22.0 Å². The van der Waals surface area contributed by atoms with Gasteiger partial charge in [-0.3, -0.25) is 14.9 Å². The molecule has 1 aliphatic heterocycles. The van der Waals surface area contributed by atoms with Crippen LogP contribution in [-0.4, -0.2) is 41.7 Å². The van der Waals surface area contributed by atoms with Crippen LogP contribution in [0.1, 0.15) is 53.9 Å². The molecule has 1 amide bonds. The van der Waals surface area contributed by atoms with Crippen molar-refractivity contribution >= 4 is 13.0 Å². The summed E-state index contributed by atoms with van der Waals surface area (Å²) >= 11 is 0. The van der Waals surface area contributed by atoms with Crippen molar-refractivity contribution in [1.82, 2.24) is 5.32 Å². The van der Waals surface area contributed by atoms with Gasteiger partial charge in [0.15, 0.2) is 0 Å². The molecule has 0 unspecified atom stereocenters. The normalized spacial score (nSPS) is 31.2. The third-order valence-electron chi connectivity index (χ3n) is 5.71. The van der Waals surface area contributed by atoms with E-state index in [0.29, 0.717) is 6.42 Å². The van der Waals surface area contributed by atoms with E-state index in [2.05, 4.69) is 5.32 Å². The summed E-state index contributed by atoms with van der Waals surface area (Å²) in [6.45, 7) is 9.52. The SMILES string of the molecule is CC(=O)N[C@@H]1C[C@H](C[N+](=O)[O-])[C@@H](CCB2OC(C)(C)C(C)(C)O2)C1. The van der Waals surface area contributed by atoms with Crippen molar-refractivity contribution in [3.63, 3.8) is 0 Å². The Hall–Kier alpha value is -1.15. The Kier molecular flexibility index (Phi) is 5.59. The number of nitro groups is 1. The first-order valence-corrected chi connectivity index (χ1v) is 8.74. The number of carbonyl (C=O) groups is 1. The van der Waals surface area contributed by atoms with Gasteiger partial charge in [-0.2, -0.15) is 0 Å². The molecule has 3 atom stereocenters. The maximum Gasteiger partial charge on any atom is 0.457 e. The zero-order chi connectivity index (χ0) is 18.1. The number of hydrogen-bond acceptors (Lipinski definition) is 5. The van der Waals surface area contributed by atoms with E-state index in [0.717, 1.165) is 19.2 Å². The summed E-state index contributed by atoms with van der Waals surface area (Å²) in [6, 6.07) is 0.0377. The van der Waals surface area contributed by atoms with Gasteiger partial charge in [-0.05, 0) is 52.8 Å². The van der Waals surface area contributed by atoms with Gasteiger partial charge in [-0.15, -0.1) is 0 Å². The fourth-order valence-corrected chi connectivity index (χ4v) is 3.82. The van der Waals surface area contributed by atoms with Crippen LogP contribution in [-0.2, 0) is 14.1 Å². The summed E-state index contributed by atoms with van der Waals surface area (Å²) in [5.74, 6) is 0.136. The van der Waals surface area contributed by atoms with Crippen LogP contribution in [0.25, 0.3) is 0 Å². The molecule has 0 bridgehead atoms. The zero-order valence-corrected chi connectivity index (χ0v) is 15.3. The minimum atomic E-state index is -0.355. The van der Waals surface area contributed by atoms with Gasteiger partial charge in [0.25, 0.3) is 0 Å². The van der Waals surface area contributed by atoms with Crippen LogP contribution in [0.3, 0.4) is 0 Å². The maximum absolute atomic E-state index is 11.3. The van der Waals surface area contributed by atoms with Crippen molar-refractivity contribution in [2.75, 3.05) is 6.54 Å². The van der Waals surface area contributed by atoms with Gasteiger partial charge in [-0.1, -0.05) is 6.42 Å². The van der Waals surface area contributed by atoms with E-state index in [-0.39, 0.29) is 53.6 Å². The van der Waals surface area contributed by atoms with Crippen LogP contribution in [0.15, 0.2) is 0 Å². The number of amides is 1. The largest absolute Gasteiger partial charge is 0.457 e. The molecule has 2 rings (SSSR count). The second kappa shape index (κ2) is 7.00. The quantitative estimate of drug-likeness (QED) is 0.455. The first-order chi connectivity index (χ1) is 11.0. The Morgan fingerprint density at radius 2 is 1.75 bits per heavy atom. The lowest BCUT2D eigenvalue weighted by molar-refractivity contribution is -0.489. The average molecular weight is 340 g/mol. The Morgan fingerprint density at radius 3 is 2.25 bits per heavy atom. The monoisotopic (exact) mass is 340 g/mol. The predicted octanol–water partition coefficient (Wildman–Crippen LogP) is 2.28. The molecule has 24 heavy (non-hydrogen) atoms. The van der Waals surface area contributed by atoms with Gasteiger partial charge in [0.1, 0.15) is 0 Å². The lowest BCUT2D eigenvalue weighted by atomic mass is 9.77. The van der Waals surface area contributed by atoms with Crippen LogP contribution >= 0.6 is 0 Å². The van der Waals surface area contributed by atoms with E-state index in [1.165, 1.54) is 6.92 Å². The van der Waals surface area contributed by atoms with Crippen molar-refractivity contribution in [1.29, 1.82) is 0 Å². The standard InChI is InChI=1S/C16H29BN2O5/c1-11(20)18-14-8-12(13(9-14)10-19(21)22)6-7-17-23-15(2,3)16(4,5)24-17/h12-14H,6-10H2,1-5H3,(H,18,20)/t12-,13+,14-/m0/s1. The van der Waals surface area contributed by atoms with Crippen LogP contribution in [0.2, 0.25) is 6.32 Å². The van der Waals surface area contributed by atoms with Crippen molar-refractivity contribution in [3.8, 4) is 0 Å². The second-order valence-electron chi connectivity index (χ2n) is 8.17. The number of rotatable bonds is 6. The fourth-order valence-electron chi connectivity index (χ4n) is 3.82. The highest BCUT2D eigenvalue weighted by Gasteiger charge is 2.51. The summed E-state index contributed by atoms with van der Waals surface area (Å²) in [7, 11) is -0.272. The number of carbonyl (C=O) groups excluding carboxylic acids is 1. The first kappa shape index (κ1) is 19.2. The summed E-state index contributed by atoms with van der Waals surface area (Å²) in [5, 5.41) is 13.8. The number of hydrogen-bond donors (Lipinski definition) is 1. The van der Waals surface area contributed by atoms with Gasteiger partial charge in [0, 0.05) is 23.8 Å². The molecule has 0 aromatic rings. The van der Waals surface area contributed by atoms with Crippen molar-refractivity contribution in [2.45, 2.75) is 77.4 Å². The molecule has 1 heterocycles. The van der Waals surface area contributed by atoms with E-state index in [9.17, 15) is 14.9 Å². The minimum Gasteiger partial charge on any atom is -0.403 e. The highest BCUT2D eigenvalue weighted by Crippen LogP contribution is 2.41. The summed E-state index contributed by atoms with van der Waals surface area (Å²) in [6.07, 6.45) is 3.00. The third-order valence-corrected chi connectivity index (χ3v) is 5.71. The number of nitrogens with one attached hydrogen (secondary N) is 1. The van der Waals surface area contributed by atoms with Crippen LogP contribution in [0.4, 0.5) is 0 Å². The Labute approximate surface area is 144 Å². The molecule has 1 saturated heterocycles. The highest BCUT2D eigenvalue weighted by atomic mass is 16.7. The molecule has 1 saturated carbocycles. The molecule has 0 radical (unpaired) electrons. The second-order valence-corrected chi connectivity index (χ2v) is 8.17. The van der Waals surface area contributed by atoms with Crippen LogP contribution < -0.4 is 5.32 Å². The van der Waals surface area contributed by atoms with Gasteiger partial charge in [0.2, 0.25) is 12.5 Å². The Balaban J connectivity index is 1.91. The third kappa shape index (κ3) is 4.48. The van der Waals surface area contributed by atoms with E-state index in [1.54, 1.807) is 0 Å². The lowest BCUT2D eigenvalue weighted by Gasteiger charge is -2.32. The van der Waals surface area contributed by atoms with E-state index >= 15 is 0 Å². The van der Waals surface area contributed by atoms with E-state index in [1.807, 2.05) is 27.7 Å². The first-order valence-electron chi connectivity index (χ1n) is 8.74. The molecule has 2 aliphatic rings. The molecule has 0 aromatic heterocycles. The molecular formula is C16H29BN2O5. The summed E-state index contributed by atoms with van der Waals surface area (Å²) < 4.78 is 12.0. The van der Waals surface area contributed by atoms with Crippen molar-refractivity contribution in [3.05, 3.63) is 10.1 Å². The van der Waals surface area contributed by atoms with Gasteiger partial charge < -0.3 is 14.6 Å². The summed E-state index contributed by atoms with van der Waals surface area (Å²) in [4.78, 5) is 21.9. The minimum absolute atomic E-state index is 0.000673. The Morgan fingerprint density at radius 1 is 1.21 bits per heavy atom. The van der Waals surface area contributed by atoms with Crippen LogP contribution in [0.5, 0.6) is 0 Å². The van der Waals surface area contributed by atoms with Crippen molar-refractivity contribution in [2.24, 2.45) is 11.8 Å². The predicted molar refractivity (Wildman–Crippen MR) is 91.2 cm³/mol. The average Bonchev–Trinajstić information content (AvgIpc) is 2.83. The molecule has 0 aromatic carbocycles. The van der Waals surface area contributed by atoms with Gasteiger partial charge in [0.05, 0.1) is 11.2 Å². The highest BCUT2D eigenvalue weighted by molar-refractivity contribution is 6.45. The smallest absolute Gasteiger partial charge is 0.403 e. The molecule has 1 N–H and O–H groups in total. The van der Waals surface area contributed by atoms with E-state index in [4.69, 9.17) is 9.31 Å². The number of nitrogens with zero attached hydrogens (tertiary/aromatic N) is 1. The molecule has 2 fully saturated rings. The molecule has 8 heteroatoms. The molecule has 136 valence electrons. The fraction of sp³-hybridized carbons (Fsp3) is 0.938. The van der Waals surface area contributed by atoms with Crippen molar-refractivity contribution < 1.29 is 19.0 Å².